The third-order valence-corrected chi connectivity index (χ3v) is 3.17. The molecule has 0 unspecified atom stereocenters. The largest absolute Gasteiger partial charge is 0.506 e. The molecule has 0 radical (unpaired) electrons. The van der Waals surface area contributed by atoms with Gasteiger partial charge in [-0.25, -0.2) is 0 Å². The Morgan fingerprint density at radius 3 is 2.69 bits per heavy atom. The van der Waals surface area contributed by atoms with Gasteiger partial charge in [-0.1, -0.05) is 0 Å². The molecule has 2 N–H and O–H groups in total. The lowest BCUT2D eigenvalue weighted by molar-refractivity contribution is 0.387. The Balaban J connectivity index is 2.70. The fourth-order valence-corrected chi connectivity index (χ4v) is 2.38. The van der Waals surface area contributed by atoms with Crippen molar-refractivity contribution in [2.75, 3.05) is 14.1 Å². The number of benzene rings is 1. The summed E-state index contributed by atoms with van der Waals surface area (Å²) >= 11 is 3.38. The van der Waals surface area contributed by atoms with E-state index in [-0.39, 0.29) is 0 Å². The highest BCUT2D eigenvalue weighted by atomic mass is 79.9. The van der Waals surface area contributed by atoms with Crippen LogP contribution in [-0.4, -0.2) is 29.1 Å². The molecule has 1 heterocycles. The number of nitrogens with one attached hydrogen (secondary N) is 1. The van der Waals surface area contributed by atoms with Gasteiger partial charge in [0.25, 0.3) is 0 Å². The summed E-state index contributed by atoms with van der Waals surface area (Å²) in [5.74, 6) is 0.334. The average molecular weight is 283 g/mol. The van der Waals surface area contributed by atoms with Crippen LogP contribution in [0.5, 0.6) is 5.75 Å². The minimum absolute atomic E-state index is 0.334. The Labute approximate surface area is 103 Å². The zero-order chi connectivity index (χ0) is 11.9. The summed E-state index contributed by atoms with van der Waals surface area (Å²) in [5.41, 5.74) is 3.12. The van der Waals surface area contributed by atoms with E-state index in [0.29, 0.717) is 5.75 Å². The quantitative estimate of drug-likeness (QED) is 0.889. The van der Waals surface area contributed by atoms with E-state index in [1.807, 2.05) is 32.0 Å². The van der Waals surface area contributed by atoms with Crippen molar-refractivity contribution in [1.29, 1.82) is 0 Å². The van der Waals surface area contributed by atoms with Crippen LogP contribution in [0.15, 0.2) is 16.6 Å². The molecule has 2 rings (SSSR count). The van der Waals surface area contributed by atoms with Gasteiger partial charge in [0.05, 0.1) is 4.47 Å². The number of rotatable bonds is 2. The van der Waals surface area contributed by atoms with Crippen LogP contribution in [0, 0.1) is 6.92 Å². The highest BCUT2D eigenvalue weighted by Crippen LogP contribution is 2.35. The van der Waals surface area contributed by atoms with Gasteiger partial charge in [0.2, 0.25) is 0 Å². The van der Waals surface area contributed by atoms with Gasteiger partial charge < -0.3 is 15.0 Å². The second-order valence-electron chi connectivity index (χ2n) is 4.34. The number of nitrogens with zero attached hydrogens (tertiary/aromatic N) is 1. The Kier molecular flexibility index (Phi) is 2.95. The van der Waals surface area contributed by atoms with Crippen LogP contribution in [0.3, 0.4) is 0 Å². The minimum atomic E-state index is 0.334. The molecule has 0 bridgehead atoms. The number of hydrogen-bond donors (Lipinski definition) is 2. The smallest absolute Gasteiger partial charge is 0.135 e. The summed E-state index contributed by atoms with van der Waals surface area (Å²) < 4.78 is 0.735. The van der Waals surface area contributed by atoms with Gasteiger partial charge in [0, 0.05) is 28.7 Å². The predicted octanol–water partition coefficient (Wildman–Crippen LogP) is 3.01. The molecule has 0 aliphatic carbocycles. The summed E-state index contributed by atoms with van der Waals surface area (Å²) in [6.45, 7) is 2.74. The van der Waals surface area contributed by atoms with Crippen molar-refractivity contribution in [3.63, 3.8) is 0 Å². The second kappa shape index (κ2) is 4.11. The Morgan fingerprint density at radius 2 is 2.06 bits per heavy atom. The Hall–Kier alpha value is -1.00. The molecule has 3 nitrogen and oxygen atoms in total. The van der Waals surface area contributed by atoms with Crippen LogP contribution in [0.25, 0.3) is 10.9 Å². The maximum absolute atomic E-state index is 10.1. The lowest BCUT2D eigenvalue weighted by Crippen LogP contribution is -2.11. The second-order valence-corrected chi connectivity index (χ2v) is 5.19. The maximum Gasteiger partial charge on any atom is 0.135 e. The Morgan fingerprint density at radius 1 is 1.38 bits per heavy atom. The molecule has 4 heteroatoms. The molecule has 1 aromatic carbocycles. The summed E-state index contributed by atoms with van der Waals surface area (Å²) in [6.07, 6.45) is 0. The van der Waals surface area contributed by atoms with E-state index in [0.717, 1.165) is 33.2 Å². The van der Waals surface area contributed by atoms with Crippen molar-refractivity contribution >= 4 is 26.8 Å². The van der Waals surface area contributed by atoms with Crippen LogP contribution in [0.1, 0.15) is 11.3 Å². The predicted molar refractivity (Wildman–Crippen MR) is 69.8 cm³/mol. The van der Waals surface area contributed by atoms with Crippen LogP contribution < -0.4 is 0 Å². The molecule has 1 aromatic heterocycles. The summed E-state index contributed by atoms with van der Waals surface area (Å²) in [6, 6.07) is 3.98. The van der Waals surface area contributed by atoms with E-state index in [4.69, 9.17) is 0 Å². The van der Waals surface area contributed by atoms with Crippen LogP contribution >= 0.6 is 15.9 Å². The van der Waals surface area contributed by atoms with Crippen molar-refractivity contribution in [3.8, 4) is 5.75 Å². The molecule has 0 spiro atoms. The monoisotopic (exact) mass is 282 g/mol. The number of aryl methyl sites for hydroxylation is 1. The van der Waals surface area contributed by atoms with Gasteiger partial charge in [-0.3, -0.25) is 0 Å². The molecule has 0 saturated carbocycles. The number of hydrogen-bond acceptors (Lipinski definition) is 2. The van der Waals surface area contributed by atoms with Gasteiger partial charge in [-0.05, 0) is 49.1 Å². The van der Waals surface area contributed by atoms with Gasteiger partial charge in [0.15, 0.2) is 0 Å². The van der Waals surface area contributed by atoms with Crippen LogP contribution in [0.4, 0.5) is 0 Å². The molecule has 16 heavy (non-hydrogen) atoms. The van der Waals surface area contributed by atoms with Crippen molar-refractivity contribution in [2.24, 2.45) is 0 Å². The molecule has 0 aliphatic heterocycles. The minimum Gasteiger partial charge on any atom is -0.506 e. The summed E-state index contributed by atoms with van der Waals surface area (Å²) in [5, 5.41) is 11.2. The van der Waals surface area contributed by atoms with Crippen molar-refractivity contribution < 1.29 is 5.11 Å². The zero-order valence-electron chi connectivity index (χ0n) is 9.63. The first kappa shape index (κ1) is 11.5. The highest BCUT2D eigenvalue weighted by Gasteiger charge is 2.13. The summed E-state index contributed by atoms with van der Waals surface area (Å²) in [7, 11) is 3.98. The molecule has 0 saturated heterocycles. The molecule has 0 aliphatic rings. The molecular formula is C12H15BrN2O. The van der Waals surface area contributed by atoms with Crippen LogP contribution in [-0.2, 0) is 6.54 Å². The molecule has 0 amide bonds. The number of phenolic OH excluding ortho intramolecular Hbond substituents is 1. The van der Waals surface area contributed by atoms with E-state index in [1.54, 1.807) is 0 Å². The number of fused-ring (bicyclic) bond motifs is 1. The zero-order valence-corrected chi connectivity index (χ0v) is 11.2. The van der Waals surface area contributed by atoms with E-state index >= 15 is 0 Å². The highest BCUT2D eigenvalue weighted by molar-refractivity contribution is 9.10. The van der Waals surface area contributed by atoms with Gasteiger partial charge >= 0.3 is 0 Å². The number of aromatic hydroxyl groups is 1. The molecule has 0 fully saturated rings. The number of phenols is 1. The molecule has 86 valence electrons. The lowest BCUT2D eigenvalue weighted by atomic mass is 10.1. The standard InChI is InChI=1S/C12H15BrN2O/c1-7-4-8-9(6-15(2)3)12(16)10(13)5-11(8)14-7/h4-5,14,16H,6H2,1-3H3. The van der Waals surface area contributed by atoms with Gasteiger partial charge in [-0.2, -0.15) is 0 Å². The number of aromatic nitrogens is 1. The molecule has 0 atom stereocenters. The van der Waals surface area contributed by atoms with Crippen molar-refractivity contribution in [2.45, 2.75) is 13.5 Å². The fourth-order valence-electron chi connectivity index (χ4n) is 1.92. The van der Waals surface area contributed by atoms with Crippen LogP contribution in [0.2, 0.25) is 0 Å². The first-order valence-electron chi connectivity index (χ1n) is 5.13. The van der Waals surface area contributed by atoms with E-state index in [2.05, 4.69) is 27.0 Å². The van der Waals surface area contributed by atoms with Gasteiger partial charge in [0.1, 0.15) is 5.75 Å². The van der Waals surface area contributed by atoms with E-state index < -0.39 is 0 Å². The van der Waals surface area contributed by atoms with E-state index in [1.165, 1.54) is 0 Å². The molecular weight excluding hydrogens is 268 g/mol. The van der Waals surface area contributed by atoms with E-state index in [9.17, 15) is 5.11 Å². The van der Waals surface area contributed by atoms with Gasteiger partial charge in [-0.15, -0.1) is 0 Å². The maximum atomic E-state index is 10.1. The first-order valence-corrected chi connectivity index (χ1v) is 5.92. The molecule has 2 aromatic rings. The fraction of sp³-hybridized carbons (Fsp3) is 0.333. The number of aromatic amines is 1. The SMILES string of the molecule is Cc1cc2c(CN(C)C)c(O)c(Br)cc2[nH]1. The Bertz CT molecular complexity index is 531. The number of H-pyrrole nitrogens is 1. The van der Waals surface area contributed by atoms with Crippen molar-refractivity contribution in [3.05, 3.63) is 27.9 Å². The van der Waals surface area contributed by atoms with Crippen molar-refractivity contribution in [1.82, 2.24) is 9.88 Å². The average Bonchev–Trinajstić information content (AvgIpc) is 2.53. The summed E-state index contributed by atoms with van der Waals surface area (Å²) in [4.78, 5) is 5.33. The number of halogens is 1. The third-order valence-electron chi connectivity index (χ3n) is 2.57. The first-order chi connectivity index (χ1) is 7.49. The lowest BCUT2D eigenvalue weighted by Gasteiger charge is -2.13. The normalized spacial score (nSPS) is 11.6. The topological polar surface area (TPSA) is 39.3 Å². The third kappa shape index (κ3) is 1.95.